The fourth-order valence-corrected chi connectivity index (χ4v) is 0.916. The molecule has 0 aliphatic heterocycles. The quantitative estimate of drug-likeness (QED) is 0.762. The number of benzene rings is 1. The predicted octanol–water partition coefficient (Wildman–Crippen LogP) is 1.80. The molecule has 0 spiro atoms. The first-order chi connectivity index (χ1) is 5.74. The largest absolute Gasteiger partial charge is 0.493 e. The van der Waals surface area contributed by atoms with Crippen molar-refractivity contribution in [2.75, 3.05) is 7.11 Å². The van der Waals surface area contributed by atoms with Crippen LogP contribution in [0.25, 0.3) is 0 Å². The predicted molar refractivity (Wildman–Crippen MR) is 54.5 cm³/mol. The van der Waals surface area contributed by atoms with Crippen molar-refractivity contribution in [1.82, 2.24) is 0 Å². The summed E-state index contributed by atoms with van der Waals surface area (Å²) in [6, 6.07) is 7.41. The van der Waals surface area contributed by atoms with Crippen LogP contribution >= 0.6 is 12.4 Å². The van der Waals surface area contributed by atoms with E-state index in [4.69, 9.17) is 15.2 Å². The first-order valence-electron chi connectivity index (χ1n) is 3.79. The molecule has 1 rings (SSSR count). The van der Waals surface area contributed by atoms with Crippen LogP contribution < -0.4 is 15.2 Å². The Morgan fingerprint density at radius 3 is 2.23 bits per heavy atom. The number of hydrogen-bond donors (Lipinski definition) is 1. The van der Waals surface area contributed by atoms with Crippen LogP contribution in [0.15, 0.2) is 24.3 Å². The molecule has 0 bridgehead atoms. The van der Waals surface area contributed by atoms with Crippen molar-refractivity contribution in [3.8, 4) is 11.5 Å². The Labute approximate surface area is 84.2 Å². The van der Waals surface area contributed by atoms with E-state index in [9.17, 15) is 0 Å². The highest BCUT2D eigenvalue weighted by molar-refractivity contribution is 5.85. The third-order valence-corrected chi connectivity index (χ3v) is 1.38. The molecule has 2 N–H and O–H groups in total. The molecule has 0 amide bonds. The zero-order chi connectivity index (χ0) is 8.97. The summed E-state index contributed by atoms with van der Waals surface area (Å²) in [5.41, 5.74) is 5.47. The molecular weight excluding hydrogens is 190 g/mol. The number of ether oxygens (including phenoxy) is 2. The Hall–Kier alpha value is -0.930. The van der Waals surface area contributed by atoms with Crippen molar-refractivity contribution in [2.45, 2.75) is 13.2 Å². The lowest BCUT2D eigenvalue weighted by Gasteiger charge is -2.12. The van der Waals surface area contributed by atoms with Gasteiger partial charge in [0.1, 0.15) is 6.23 Å². The van der Waals surface area contributed by atoms with Crippen molar-refractivity contribution in [2.24, 2.45) is 5.73 Å². The van der Waals surface area contributed by atoms with Crippen molar-refractivity contribution < 1.29 is 9.47 Å². The summed E-state index contributed by atoms with van der Waals surface area (Å²) in [5, 5.41) is 0. The Bertz CT molecular complexity index is 253. The second kappa shape index (κ2) is 5.67. The first-order valence-corrected chi connectivity index (χ1v) is 3.79. The number of rotatable bonds is 3. The minimum absolute atomic E-state index is 0. The molecule has 1 unspecified atom stereocenters. The number of nitrogens with two attached hydrogens (primary N) is 1. The van der Waals surface area contributed by atoms with Crippen LogP contribution in [-0.2, 0) is 0 Å². The van der Waals surface area contributed by atoms with Gasteiger partial charge in [0.15, 0.2) is 11.5 Å². The molecule has 3 nitrogen and oxygen atoms in total. The third kappa shape index (κ3) is 3.53. The molecule has 1 aromatic rings. The van der Waals surface area contributed by atoms with Gasteiger partial charge < -0.3 is 9.47 Å². The molecule has 0 aliphatic rings. The van der Waals surface area contributed by atoms with Crippen LogP contribution in [0, 0.1) is 0 Å². The van der Waals surface area contributed by atoms with Gasteiger partial charge >= 0.3 is 0 Å². The molecule has 0 aromatic heterocycles. The van der Waals surface area contributed by atoms with E-state index in [1.807, 2.05) is 24.3 Å². The van der Waals surface area contributed by atoms with Gasteiger partial charge in [-0.1, -0.05) is 12.1 Å². The maximum atomic E-state index is 5.47. The molecule has 0 radical (unpaired) electrons. The normalized spacial score (nSPS) is 11.3. The average Bonchev–Trinajstić information content (AvgIpc) is 2.04. The second-order valence-electron chi connectivity index (χ2n) is 2.47. The molecule has 0 saturated carbocycles. The van der Waals surface area contributed by atoms with Gasteiger partial charge in [0, 0.05) is 0 Å². The summed E-state index contributed by atoms with van der Waals surface area (Å²) in [6.45, 7) is 1.77. The standard InChI is InChI=1S/C9H13NO2.ClH/c1-7(10)12-9-6-4-3-5-8(9)11-2;/h3-7H,10H2,1-2H3;1H. The Balaban J connectivity index is 0.00000144. The number of halogens is 1. The van der Waals surface area contributed by atoms with Crippen LogP contribution in [0.4, 0.5) is 0 Å². The summed E-state index contributed by atoms with van der Waals surface area (Å²) in [5.74, 6) is 1.38. The monoisotopic (exact) mass is 203 g/mol. The van der Waals surface area contributed by atoms with E-state index in [0.29, 0.717) is 11.5 Å². The van der Waals surface area contributed by atoms with E-state index in [0.717, 1.165) is 0 Å². The summed E-state index contributed by atoms with van der Waals surface area (Å²) < 4.78 is 10.4. The van der Waals surface area contributed by atoms with E-state index in [1.165, 1.54) is 0 Å². The van der Waals surface area contributed by atoms with Gasteiger partial charge in [0.2, 0.25) is 0 Å². The van der Waals surface area contributed by atoms with Crippen LogP contribution in [-0.4, -0.2) is 13.3 Å². The van der Waals surface area contributed by atoms with Crippen molar-refractivity contribution in [3.05, 3.63) is 24.3 Å². The molecule has 1 aromatic carbocycles. The minimum atomic E-state index is -0.318. The number of methoxy groups -OCH3 is 1. The van der Waals surface area contributed by atoms with Gasteiger partial charge in [0.25, 0.3) is 0 Å². The third-order valence-electron chi connectivity index (χ3n) is 1.38. The second-order valence-corrected chi connectivity index (χ2v) is 2.47. The number of hydrogen-bond acceptors (Lipinski definition) is 3. The van der Waals surface area contributed by atoms with Crippen LogP contribution in [0.5, 0.6) is 11.5 Å². The smallest absolute Gasteiger partial charge is 0.163 e. The van der Waals surface area contributed by atoms with Gasteiger partial charge in [-0.05, 0) is 19.1 Å². The Kier molecular flexibility index (Phi) is 5.26. The topological polar surface area (TPSA) is 44.5 Å². The van der Waals surface area contributed by atoms with Crippen molar-refractivity contribution >= 4 is 12.4 Å². The van der Waals surface area contributed by atoms with Gasteiger partial charge in [-0.2, -0.15) is 0 Å². The highest BCUT2D eigenvalue weighted by Gasteiger charge is 2.03. The Morgan fingerprint density at radius 2 is 1.77 bits per heavy atom. The fourth-order valence-electron chi connectivity index (χ4n) is 0.916. The van der Waals surface area contributed by atoms with Gasteiger partial charge in [-0.15, -0.1) is 12.4 Å². The average molecular weight is 204 g/mol. The van der Waals surface area contributed by atoms with Gasteiger partial charge in [-0.25, -0.2) is 0 Å². The van der Waals surface area contributed by atoms with Crippen molar-refractivity contribution in [3.63, 3.8) is 0 Å². The molecule has 4 heteroatoms. The highest BCUT2D eigenvalue weighted by atomic mass is 35.5. The van der Waals surface area contributed by atoms with Crippen LogP contribution in [0.3, 0.4) is 0 Å². The van der Waals surface area contributed by atoms with E-state index >= 15 is 0 Å². The number of para-hydroxylation sites is 2. The summed E-state index contributed by atoms with van der Waals surface area (Å²) >= 11 is 0. The van der Waals surface area contributed by atoms with Crippen LogP contribution in [0.1, 0.15) is 6.92 Å². The lowest BCUT2D eigenvalue weighted by atomic mass is 10.3. The summed E-state index contributed by atoms with van der Waals surface area (Å²) in [7, 11) is 1.60. The molecule has 74 valence electrons. The van der Waals surface area contributed by atoms with Crippen molar-refractivity contribution in [1.29, 1.82) is 0 Å². The fraction of sp³-hybridized carbons (Fsp3) is 0.333. The minimum Gasteiger partial charge on any atom is -0.493 e. The zero-order valence-electron chi connectivity index (χ0n) is 7.69. The molecule has 0 aliphatic carbocycles. The molecule has 0 saturated heterocycles. The molecule has 0 fully saturated rings. The summed E-state index contributed by atoms with van der Waals surface area (Å²) in [6.07, 6.45) is -0.318. The Morgan fingerprint density at radius 1 is 1.23 bits per heavy atom. The molecular formula is C9H14ClNO2. The zero-order valence-corrected chi connectivity index (χ0v) is 8.51. The van der Waals surface area contributed by atoms with Gasteiger partial charge in [0.05, 0.1) is 7.11 Å². The lowest BCUT2D eigenvalue weighted by Crippen LogP contribution is -2.22. The highest BCUT2D eigenvalue weighted by Crippen LogP contribution is 2.25. The van der Waals surface area contributed by atoms with Crippen LogP contribution in [0.2, 0.25) is 0 Å². The molecule has 13 heavy (non-hydrogen) atoms. The van der Waals surface area contributed by atoms with E-state index in [-0.39, 0.29) is 18.6 Å². The van der Waals surface area contributed by atoms with Gasteiger partial charge in [-0.3, -0.25) is 5.73 Å². The lowest BCUT2D eigenvalue weighted by molar-refractivity contribution is 0.219. The summed E-state index contributed by atoms with van der Waals surface area (Å²) in [4.78, 5) is 0. The van der Waals surface area contributed by atoms with E-state index < -0.39 is 0 Å². The SMILES string of the molecule is COc1ccccc1OC(C)N.Cl. The van der Waals surface area contributed by atoms with E-state index in [2.05, 4.69) is 0 Å². The molecule has 1 atom stereocenters. The molecule has 0 heterocycles. The van der Waals surface area contributed by atoms with E-state index in [1.54, 1.807) is 14.0 Å². The maximum absolute atomic E-state index is 5.47. The first kappa shape index (κ1) is 12.1. The maximum Gasteiger partial charge on any atom is 0.163 e.